The topological polar surface area (TPSA) is 108 Å². The number of nitrogens with zero attached hydrogens (tertiary/aromatic N) is 1. The first-order valence-electron chi connectivity index (χ1n) is 7.32. The first kappa shape index (κ1) is 17.9. The molecule has 2 aromatic rings. The number of hydrogen-bond donors (Lipinski definition) is 1. The van der Waals surface area contributed by atoms with Crippen molar-refractivity contribution in [1.29, 1.82) is 0 Å². The maximum absolute atomic E-state index is 12.3. The molecule has 0 aromatic heterocycles. The fourth-order valence-electron chi connectivity index (χ4n) is 2.07. The predicted molar refractivity (Wildman–Crippen MR) is 89.6 cm³/mol. The molecule has 8 heteroatoms. The van der Waals surface area contributed by atoms with Gasteiger partial charge in [-0.05, 0) is 25.1 Å². The largest absolute Gasteiger partial charge is 0.474 e. The fourth-order valence-corrected chi connectivity index (χ4v) is 2.07. The van der Waals surface area contributed by atoms with Crippen LogP contribution in [0.4, 0.5) is 11.4 Å². The number of carbonyl (C=O) groups excluding carboxylic acids is 2. The SMILES string of the molecule is COC(=O)c1ccccc1NC(=O)[C@H](C)Oc1ccccc1[N+](=O)[O-]. The second kappa shape index (κ2) is 7.91. The van der Waals surface area contributed by atoms with Crippen LogP contribution in [0.25, 0.3) is 0 Å². The lowest BCUT2D eigenvalue weighted by Crippen LogP contribution is -2.31. The van der Waals surface area contributed by atoms with Crippen molar-refractivity contribution in [3.05, 3.63) is 64.2 Å². The number of nitrogens with one attached hydrogen (secondary N) is 1. The Labute approximate surface area is 143 Å². The molecule has 0 aliphatic rings. The third kappa shape index (κ3) is 4.31. The van der Waals surface area contributed by atoms with E-state index in [1.807, 2.05) is 0 Å². The van der Waals surface area contributed by atoms with Crippen molar-refractivity contribution in [3.8, 4) is 5.75 Å². The molecule has 0 saturated carbocycles. The third-order valence-corrected chi connectivity index (χ3v) is 3.33. The summed E-state index contributed by atoms with van der Waals surface area (Å²) in [4.78, 5) is 34.4. The van der Waals surface area contributed by atoms with Gasteiger partial charge in [0.2, 0.25) is 0 Å². The lowest BCUT2D eigenvalue weighted by molar-refractivity contribution is -0.386. The van der Waals surface area contributed by atoms with Crippen molar-refractivity contribution in [2.24, 2.45) is 0 Å². The molecule has 1 N–H and O–H groups in total. The van der Waals surface area contributed by atoms with Gasteiger partial charge in [-0.1, -0.05) is 24.3 Å². The van der Waals surface area contributed by atoms with Crippen LogP contribution >= 0.6 is 0 Å². The Morgan fingerprint density at radius 2 is 1.76 bits per heavy atom. The average Bonchev–Trinajstić information content (AvgIpc) is 2.61. The zero-order chi connectivity index (χ0) is 18.4. The summed E-state index contributed by atoms with van der Waals surface area (Å²) < 4.78 is 10.1. The molecule has 25 heavy (non-hydrogen) atoms. The molecular weight excluding hydrogens is 328 g/mol. The molecule has 0 heterocycles. The van der Waals surface area contributed by atoms with Crippen LogP contribution in [0.3, 0.4) is 0 Å². The van der Waals surface area contributed by atoms with Crippen LogP contribution < -0.4 is 10.1 Å². The summed E-state index contributed by atoms with van der Waals surface area (Å²) in [5.41, 5.74) is 0.214. The Balaban J connectivity index is 2.15. The van der Waals surface area contributed by atoms with Crippen LogP contribution in [0, 0.1) is 10.1 Å². The molecule has 0 radical (unpaired) electrons. The number of ether oxygens (including phenoxy) is 2. The van der Waals surface area contributed by atoms with E-state index in [-0.39, 0.29) is 22.7 Å². The Kier molecular flexibility index (Phi) is 5.67. The second-order valence-corrected chi connectivity index (χ2v) is 5.01. The summed E-state index contributed by atoms with van der Waals surface area (Å²) >= 11 is 0. The standard InChI is InChI=1S/C17H16N2O6/c1-11(25-15-10-6-5-9-14(15)19(22)23)16(20)18-13-8-4-3-7-12(13)17(21)24-2/h3-11H,1-2H3,(H,18,20)/t11-/m0/s1. The highest BCUT2D eigenvalue weighted by molar-refractivity contribution is 6.02. The number of rotatable bonds is 6. The van der Waals surface area contributed by atoms with Gasteiger partial charge < -0.3 is 14.8 Å². The van der Waals surface area contributed by atoms with Gasteiger partial charge in [0.05, 0.1) is 23.3 Å². The molecule has 0 aliphatic heterocycles. The van der Waals surface area contributed by atoms with Gasteiger partial charge >= 0.3 is 11.7 Å². The van der Waals surface area contributed by atoms with E-state index in [4.69, 9.17) is 4.74 Å². The molecule has 130 valence electrons. The second-order valence-electron chi connectivity index (χ2n) is 5.01. The number of benzene rings is 2. The fraction of sp³-hybridized carbons (Fsp3) is 0.176. The Hall–Kier alpha value is -3.42. The van der Waals surface area contributed by atoms with E-state index in [1.54, 1.807) is 24.3 Å². The van der Waals surface area contributed by atoms with Gasteiger partial charge in [-0.15, -0.1) is 0 Å². The van der Waals surface area contributed by atoms with Crippen molar-refractivity contribution >= 4 is 23.3 Å². The van der Waals surface area contributed by atoms with E-state index in [0.29, 0.717) is 0 Å². The van der Waals surface area contributed by atoms with Crippen molar-refractivity contribution in [2.75, 3.05) is 12.4 Å². The smallest absolute Gasteiger partial charge is 0.339 e. The molecule has 2 aromatic carbocycles. The van der Waals surface area contributed by atoms with E-state index in [1.165, 1.54) is 38.3 Å². The minimum Gasteiger partial charge on any atom is -0.474 e. The molecule has 8 nitrogen and oxygen atoms in total. The summed E-state index contributed by atoms with van der Waals surface area (Å²) in [5, 5.41) is 13.6. The van der Waals surface area contributed by atoms with Gasteiger partial charge in [0.1, 0.15) is 0 Å². The van der Waals surface area contributed by atoms with Crippen molar-refractivity contribution in [3.63, 3.8) is 0 Å². The van der Waals surface area contributed by atoms with Crippen LogP contribution in [-0.4, -0.2) is 30.0 Å². The van der Waals surface area contributed by atoms with E-state index in [0.717, 1.165) is 0 Å². The molecule has 0 spiro atoms. The van der Waals surface area contributed by atoms with Gasteiger partial charge in [-0.25, -0.2) is 4.79 Å². The van der Waals surface area contributed by atoms with E-state index < -0.39 is 22.9 Å². The first-order valence-corrected chi connectivity index (χ1v) is 7.32. The summed E-state index contributed by atoms with van der Waals surface area (Å²) in [5.74, 6) is -1.17. The molecule has 1 atom stereocenters. The number of esters is 1. The highest BCUT2D eigenvalue weighted by atomic mass is 16.6. The maximum Gasteiger partial charge on any atom is 0.339 e. The molecule has 0 fully saturated rings. The number of methoxy groups -OCH3 is 1. The van der Waals surface area contributed by atoms with Crippen LogP contribution in [0.5, 0.6) is 5.75 Å². The summed E-state index contributed by atoms with van der Waals surface area (Å²) in [7, 11) is 1.24. The van der Waals surface area contributed by atoms with Crippen LogP contribution in [0.2, 0.25) is 0 Å². The zero-order valence-electron chi connectivity index (χ0n) is 13.6. The van der Waals surface area contributed by atoms with E-state index >= 15 is 0 Å². The quantitative estimate of drug-likeness (QED) is 0.490. The number of nitro groups is 1. The van der Waals surface area contributed by atoms with Crippen LogP contribution in [-0.2, 0) is 9.53 Å². The van der Waals surface area contributed by atoms with Gasteiger partial charge in [0, 0.05) is 6.07 Å². The number of hydrogen-bond acceptors (Lipinski definition) is 6. The highest BCUT2D eigenvalue weighted by Crippen LogP contribution is 2.27. The predicted octanol–water partition coefficient (Wildman–Crippen LogP) is 2.79. The molecule has 0 saturated heterocycles. The third-order valence-electron chi connectivity index (χ3n) is 3.33. The molecule has 0 unspecified atom stereocenters. The molecular formula is C17H16N2O6. The Bertz CT molecular complexity index is 805. The normalized spacial score (nSPS) is 11.3. The maximum atomic E-state index is 12.3. The summed E-state index contributed by atoms with van der Waals surface area (Å²) in [6.07, 6.45) is -1.02. The van der Waals surface area contributed by atoms with E-state index in [2.05, 4.69) is 10.1 Å². The molecule has 0 aliphatic carbocycles. The number of para-hydroxylation sites is 3. The number of amides is 1. The minimum absolute atomic E-state index is 0.0172. The Morgan fingerprint density at radius 3 is 2.44 bits per heavy atom. The van der Waals surface area contributed by atoms with Crippen LogP contribution in [0.15, 0.2) is 48.5 Å². The van der Waals surface area contributed by atoms with Gasteiger partial charge in [-0.3, -0.25) is 14.9 Å². The van der Waals surface area contributed by atoms with E-state index in [9.17, 15) is 19.7 Å². The van der Waals surface area contributed by atoms with Gasteiger partial charge in [-0.2, -0.15) is 0 Å². The van der Waals surface area contributed by atoms with Gasteiger partial charge in [0.25, 0.3) is 5.91 Å². The Morgan fingerprint density at radius 1 is 1.12 bits per heavy atom. The molecule has 1 amide bonds. The first-order chi connectivity index (χ1) is 11.9. The number of carbonyl (C=O) groups is 2. The summed E-state index contributed by atoms with van der Waals surface area (Å²) in [6, 6.07) is 12.1. The zero-order valence-corrected chi connectivity index (χ0v) is 13.6. The highest BCUT2D eigenvalue weighted by Gasteiger charge is 2.22. The number of nitro benzene ring substituents is 1. The van der Waals surface area contributed by atoms with Crippen molar-refractivity contribution in [1.82, 2.24) is 0 Å². The lowest BCUT2D eigenvalue weighted by Gasteiger charge is -2.16. The average molecular weight is 344 g/mol. The lowest BCUT2D eigenvalue weighted by atomic mass is 10.1. The van der Waals surface area contributed by atoms with Crippen LogP contribution in [0.1, 0.15) is 17.3 Å². The monoisotopic (exact) mass is 344 g/mol. The van der Waals surface area contributed by atoms with Gasteiger partial charge in [0.15, 0.2) is 11.9 Å². The van der Waals surface area contributed by atoms with Crippen molar-refractivity contribution in [2.45, 2.75) is 13.0 Å². The molecule has 2 rings (SSSR count). The minimum atomic E-state index is -1.02. The molecule has 0 bridgehead atoms. The van der Waals surface area contributed by atoms with Crippen molar-refractivity contribution < 1.29 is 24.0 Å². The summed E-state index contributed by atoms with van der Waals surface area (Å²) in [6.45, 7) is 1.45. The number of anilines is 1.